The van der Waals surface area contributed by atoms with Crippen LogP contribution in [-0.4, -0.2) is 16.5 Å². The van der Waals surface area contributed by atoms with Gasteiger partial charge in [-0.2, -0.15) is 0 Å². The first-order valence-electron chi connectivity index (χ1n) is 8.45. The van der Waals surface area contributed by atoms with Crippen LogP contribution < -0.4 is 0 Å². The van der Waals surface area contributed by atoms with Gasteiger partial charge >= 0.3 is 0 Å². The van der Waals surface area contributed by atoms with Crippen LogP contribution in [0.25, 0.3) is 0 Å². The zero-order chi connectivity index (χ0) is 13.6. The van der Waals surface area contributed by atoms with E-state index in [0.29, 0.717) is 24.5 Å². The second-order valence-electron chi connectivity index (χ2n) is 6.74. The van der Waals surface area contributed by atoms with Gasteiger partial charge in [0.05, 0.1) is 5.60 Å². The normalized spacial score (nSPS) is 27.7. The third-order valence-electron chi connectivity index (χ3n) is 5.29. The maximum Gasteiger partial charge on any atom is 0.133 e. The van der Waals surface area contributed by atoms with Gasteiger partial charge < -0.3 is 5.11 Å². The third kappa shape index (κ3) is 4.59. The van der Waals surface area contributed by atoms with E-state index in [-0.39, 0.29) is 0 Å². The van der Waals surface area contributed by atoms with E-state index in [1.165, 1.54) is 64.2 Å². The van der Waals surface area contributed by atoms with Gasteiger partial charge in [0.1, 0.15) is 5.78 Å². The maximum atomic E-state index is 11.4. The number of carbonyl (C=O) groups is 1. The van der Waals surface area contributed by atoms with E-state index in [2.05, 4.69) is 0 Å². The summed E-state index contributed by atoms with van der Waals surface area (Å²) in [5, 5.41) is 10.9. The fourth-order valence-corrected chi connectivity index (χ4v) is 3.89. The molecule has 1 N–H and O–H groups in total. The fourth-order valence-electron chi connectivity index (χ4n) is 3.89. The largest absolute Gasteiger partial charge is 0.390 e. The molecule has 0 unspecified atom stereocenters. The summed E-state index contributed by atoms with van der Waals surface area (Å²) in [4.78, 5) is 11.4. The van der Waals surface area contributed by atoms with Crippen LogP contribution in [0.15, 0.2) is 0 Å². The molecule has 2 nitrogen and oxygen atoms in total. The first-order chi connectivity index (χ1) is 9.21. The summed E-state index contributed by atoms with van der Waals surface area (Å²) in [5.41, 5.74) is -0.526. The Kier molecular flexibility index (Phi) is 5.87. The molecule has 2 aliphatic rings. The molecular formula is C17H30O2. The fraction of sp³-hybridized carbons (Fsp3) is 0.941. The minimum absolute atomic E-state index is 0.348. The zero-order valence-corrected chi connectivity index (χ0v) is 12.3. The summed E-state index contributed by atoms with van der Waals surface area (Å²) < 4.78 is 0. The van der Waals surface area contributed by atoms with Crippen molar-refractivity contribution in [2.75, 3.05) is 0 Å². The van der Waals surface area contributed by atoms with Crippen LogP contribution in [0.2, 0.25) is 0 Å². The monoisotopic (exact) mass is 266 g/mol. The van der Waals surface area contributed by atoms with Crippen LogP contribution >= 0.6 is 0 Å². The average molecular weight is 266 g/mol. The molecule has 2 fully saturated rings. The average Bonchev–Trinajstić information content (AvgIpc) is 2.47. The number of rotatable bonds is 1. The lowest BCUT2D eigenvalue weighted by molar-refractivity contribution is -0.129. The molecule has 2 heteroatoms. The van der Waals surface area contributed by atoms with E-state index in [1.807, 2.05) is 0 Å². The van der Waals surface area contributed by atoms with Gasteiger partial charge in [-0.15, -0.1) is 0 Å². The first kappa shape index (κ1) is 15.0. The lowest BCUT2D eigenvalue weighted by Gasteiger charge is -2.39. The highest BCUT2D eigenvalue weighted by atomic mass is 16.3. The molecular weight excluding hydrogens is 236 g/mol. The molecule has 2 saturated carbocycles. The van der Waals surface area contributed by atoms with Crippen molar-refractivity contribution >= 4 is 5.78 Å². The Bertz CT molecular complexity index is 263. The molecule has 0 spiro atoms. The van der Waals surface area contributed by atoms with Gasteiger partial charge in [-0.3, -0.25) is 4.79 Å². The van der Waals surface area contributed by atoms with E-state index in [9.17, 15) is 9.90 Å². The van der Waals surface area contributed by atoms with Crippen LogP contribution in [0.3, 0.4) is 0 Å². The highest BCUT2D eigenvalue weighted by Crippen LogP contribution is 2.39. The quantitative estimate of drug-likeness (QED) is 0.764. The summed E-state index contributed by atoms with van der Waals surface area (Å²) in [7, 11) is 0. The number of hydrogen-bond acceptors (Lipinski definition) is 2. The van der Waals surface area contributed by atoms with Crippen molar-refractivity contribution < 1.29 is 9.90 Å². The summed E-state index contributed by atoms with van der Waals surface area (Å²) in [6.45, 7) is 0. The molecule has 0 radical (unpaired) electrons. The third-order valence-corrected chi connectivity index (χ3v) is 5.29. The summed E-state index contributed by atoms with van der Waals surface area (Å²) in [6, 6.07) is 0. The van der Waals surface area contributed by atoms with Gasteiger partial charge in [0.15, 0.2) is 0 Å². The zero-order valence-electron chi connectivity index (χ0n) is 12.3. The Morgan fingerprint density at radius 1 is 0.789 bits per heavy atom. The number of hydrogen-bond donors (Lipinski definition) is 1. The number of carbonyl (C=O) groups excluding carboxylic acids is 1. The predicted octanol–water partition coefficient (Wildman–Crippen LogP) is 4.39. The van der Waals surface area contributed by atoms with Crippen molar-refractivity contribution in [2.45, 2.75) is 95.5 Å². The molecule has 19 heavy (non-hydrogen) atoms. The predicted molar refractivity (Wildman–Crippen MR) is 78.1 cm³/mol. The molecule has 0 amide bonds. The van der Waals surface area contributed by atoms with Crippen LogP contribution in [-0.2, 0) is 4.79 Å². The molecule has 2 rings (SSSR count). The van der Waals surface area contributed by atoms with Crippen molar-refractivity contribution in [1.29, 1.82) is 0 Å². The number of ketones is 1. The van der Waals surface area contributed by atoms with Gasteiger partial charge in [-0.25, -0.2) is 0 Å². The maximum absolute atomic E-state index is 11.4. The Morgan fingerprint density at radius 2 is 1.21 bits per heavy atom. The van der Waals surface area contributed by atoms with E-state index >= 15 is 0 Å². The lowest BCUT2D eigenvalue weighted by atomic mass is 9.71. The molecule has 0 heterocycles. The van der Waals surface area contributed by atoms with E-state index < -0.39 is 5.60 Å². The Morgan fingerprint density at radius 3 is 1.68 bits per heavy atom. The highest BCUT2D eigenvalue weighted by Gasteiger charge is 2.38. The van der Waals surface area contributed by atoms with Crippen molar-refractivity contribution in [3.8, 4) is 0 Å². The second kappa shape index (κ2) is 7.42. The molecule has 0 aromatic carbocycles. The van der Waals surface area contributed by atoms with Crippen LogP contribution in [0.1, 0.15) is 89.9 Å². The number of aliphatic hydroxyl groups is 1. The highest BCUT2D eigenvalue weighted by molar-refractivity contribution is 5.79. The first-order valence-corrected chi connectivity index (χ1v) is 8.45. The van der Waals surface area contributed by atoms with Crippen molar-refractivity contribution in [3.63, 3.8) is 0 Å². The van der Waals surface area contributed by atoms with E-state index in [4.69, 9.17) is 0 Å². The van der Waals surface area contributed by atoms with Crippen molar-refractivity contribution in [1.82, 2.24) is 0 Å². The smallest absolute Gasteiger partial charge is 0.133 e. The molecule has 0 aromatic heterocycles. The van der Waals surface area contributed by atoms with Crippen molar-refractivity contribution in [3.05, 3.63) is 0 Å². The van der Waals surface area contributed by atoms with Crippen LogP contribution in [0, 0.1) is 5.92 Å². The van der Waals surface area contributed by atoms with E-state index in [1.54, 1.807) is 0 Å². The van der Waals surface area contributed by atoms with Gasteiger partial charge in [0, 0.05) is 12.8 Å². The molecule has 0 saturated heterocycles. The van der Waals surface area contributed by atoms with Crippen LogP contribution in [0.4, 0.5) is 0 Å². The molecule has 0 atom stereocenters. The van der Waals surface area contributed by atoms with Gasteiger partial charge in [0.2, 0.25) is 0 Å². The summed E-state index contributed by atoms with van der Waals surface area (Å²) >= 11 is 0. The van der Waals surface area contributed by atoms with Gasteiger partial charge in [-0.1, -0.05) is 51.4 Å². The van der Waals surface area contributed by atoms with Crippen molar-refractivity contribution in [2.24, 2.45) is 5.92 Å². The van der Waals surface area contributed by atoms with E-state index in [0.717, 1.165) is 12.8 Å². The summed E-state index contributed by atoms with van der Waals surface area (Å²) in [6.07, 6.45) is 15.7. The Hall–Kier alpha value is -0.370. The topological polar surface area (TPSA) is 37.3 Å². The van der Waals surface area contributed by atoms with Gasteiger partial charge in [-0.05, 0) is 31.6 Å². The number of Topliss-reactive ketones (excluding diaryl/α,β-unsaturated/α-hetero) is 1. The Balaban J connectivity index is 1.91. The molecule has 0 aromatic rings. The van der Waals surface area contributed by atoms with Crippen LogP contribution in [0.5, 0.6) is 0 Å². The lowest BCUT2D eigenvalue weighted by Crippen LogP contribution is -2.41. The molecule has 0 aliphatic heterocycles. The molecule has 2 aliphatic carbocycles. The summed E-state index contributed by atoms with van der Waals surface area (Å²) in [5.74, 6) is 0.792. The molecule has 110 valence electrons. The Labute approximate surface area is 118 Å². The standard InChI is InChI=1S/C17H30O2/c18-16-11-13-17(19,14-12-16)15-9-7-5-3-1-2-4-6-8-10-15/h15,19H,1-14H2. The minimum Gasteiger partial charge on any atom is -0.390 e. The van der Waals surface area contributed by atoms with Gasteiger partial charge in [0.25, 0.3) is 0 Å². The minimum atomic E-state index is -0.526. The molecule has 0 bridgehead atoms. The second-order valence-corrected chi connectivity index (χ2v) is 6.74. The SMILES string of the molecule is O=C1CCC(O)(C2CCCCCCCCCC2)CC1.